The molecule has 0 amide bonds. The van der Waals surface area contributed by atoms with Gasteiger partial charge in [0, 0.05) is 24.7 Å². The SMILES string of the molecule is COc1cc(NC2CCCN(C)C2)c(F)cc1N. The molecule has 1 aliphatic heterocycles. The molecule has 1 aromatic carbocycles. The zero-order valence-electron chi connectivity index (χ0n) is 10.9. The van der Waals surface area contributed by atoms with Gasteiger partial charge in [0.15, 0.2) is 0 Å². The molecule has 0 bridgehead atoms. The minimum Gasteiger partial charge on any atom is -0.495 e. The highest BCUT2D eigenvalue weighted by Gasteiger charge is 2.18. The van der Waals surface area contributed by atoms with Gasteiger partial charge in [-0.25, -0.2) is 4.39 Å². The molecule has 1 fully saturated rings. The van der Waals surface area contributed by atoms with Crippen molar-refractivity contribution in [1.29, 1.82) is 0 Å². The summed E-state index contributed by atoms with van der Waals surface area (Å²) in [5.41, 5.74) is 6.44. The van der Waals surface area contributed by atoms with Gasteiger partial charge < -0.3 is 20.7 Å². The number of ether oxygens (including phenoxy) is 1. The number of piperidine rings is 1. The van der Waals surface area contributed by atoms with E-state index in [2.05, 4.69) is 17.3 Å². The van der Waals surface area contributed by atoms with Crippen LogP contribution < -0.4 is 15.8 Å². The Kier molecular flexibility index (Phi) is 3.91. The molecule has 1 unspecified atom stereocenters. The molecule has 1 aromatic rings. The van der Waals surface area contributed by atoms with Gasteiger partial charge in [0.25, 0.3) is 0 Å². The summed E-state index contributed by atoms with van der Waals surface area (Å²) in [5, 5.41) is 3.23. The normalized spacial score (nSPS) is 20.7. The first-order chi connectivity index (χ1) is 8.60. The zero-order chi connectivity index (χ0) is 13.1. The van der Waals surface area contributed by atoms with Gasteiger partial charge in [-0.1, -0.05) is 0 Å². The summed E-state index contributed by atoms with van der Waals surface area (Å²) in [4.78, 5) is 2.24. The summed E-state index contributed by atoms with van der Waals surface area (Å²) >= 11 is 0. The van der Waals surface area contributed by atoms with Crippen LogP contribution in [0.1, 0.15) is 12.8 Å². The Balaban J connectivity index is 2.13. The smallest absolute Gasteiger partial charge is 0.148 e. The Bertz CT molecular complexity index is 425. The summed E-state index contributed by atoms with van der Waals surface area (Å²) in [6.45, 7) is 2.03. The second-order valence-electron chi connectivity index (χ2n) is 4.82. The van der Waals surface area contributed by atoms with Gasteiger partial charge in [-0.05, 0) is 26.4 Å². The van der Waals surface area contributed by atoms with E-state index in [-0.39, 0.29) is 11.9 Å². The zero-order valence-corrected chi connectivity index (χ0v) is 10.9. The Labute approximate surface area is 107 Å². The van der Waals surface area contributed by atoms with Crippen molar-refractivity contribution >= 4 is 11.4 Å². The second kappa shape index (κ2) is 5.44. The van der Waals surface area contributed by atoms with Gasteiger partial charge in [-0.2, -0.15) is 0 Å². The molecular formula is C13H20FN3O. The van der Waals surface area contributed by atoms with Crippen LogP contribution in [0.5, 0.6) is 5.75 Å². The van der Waals surface area contributed by atoms with Crippen LogP contribution in [0.2, 0.25) is 0 Å². The third kappa shape index (κ3) is 2.85. The number of nitrogens with one attached hydrogen (secondary N) is 1. The van der Waals surface area contributed by atoms with Crippen LogP contribution in [0.25, 0.3) is 0 Å². The lowest BCUT2D eigenvalue weighted by molar-refractivity contribution is 0.260. The minimum atomic E-state index is -0.332. The maximum absolute atomic E-state index is 13.8. The Morgan fingerprint density at radius 2 is 2.28 bits per heavy atom. The highest BCUT2D eigenvalue weighted by Crippen LogP contribution is 2.29. The van der Waals surface area contributed by atoms with Crippen LogP contribution >= 0.6 is 0 Å². The molecule has 0 aromatic heterocycles. The van der Waals surface area contributed by atoms with E-state index in [4.69, 9.17) is 10.5 Å². The molecule has 3 N–H and O–H groups in total. The highest BCUT2D eigenvalue weighted by atomic mass is 19.1. The van der Waals surface area contributed by atoms with E-state index in [0.717, 1.165) is 25.9 Å². The van der Waals surface area contributed by atoms with Crippen molar-refractivity contribution in [3.05, 3.63) is 17.9 Å². The molecule has 0 saturated carbocycles. The van der Waals surface area contributed by atoms with Crippen LogP contribution in [-0.2, 0) is 0 Å². The third-order valence-corrected chi connectivity index (χ3v) is 3.30. The Morgan fingerprint density at radius 1 is 1.50 bits per heavy atom. The summed E-state index contributed by atoms with van der Waals surface area (Å²) < 4.78 is 18.9. The van der Waals surface area contributed by atoms with Crippen LogP contribution in [0.3, 0.4) is 0 Å². The predicted octanol–water partition coefficient (Wildman–Crippen LogP) is 1.92. The van der Waals surface area contributed by atoms with E-state index in [9.17, 15) is 4.39 Å². The number of methoxy groups -OCH3 is 1. The predicted molar refractivity (Wildman–Crippen MR) is 71.5 cm³/mol. The number of nitrogen functional groups attached to an aromatic ring is 1. The second-order valence-corrected chi connectivity index (χ2v) is 4.82. The van der Waals surface area contributed by atoms with Gasteiger partial charge >= 0.3 is 0 Å². The van der Waals surface area contributed by atoms with Crippen molar-refractivity contribution < 1.29 is 9.13 Å². The number of hydrogen-bond donors (Lipinski definition) is 2. The fourth-order valence-electron chi connectivity index (χ4n) is 2.36. The lowest BCUT2D eigenvalue weighted by atomic mass is 10.1. The van der Waals surface area contributed by atoms with Crippen molar-refractivity contribution in [3.8, 4) is 5.75 Å². The molecule has 5 heteroatoms. The molecule has 100 valence electrons. The molecular weight excluding hydrogens is 233 g/mol. The summed E-state index contributed by atoms with van der Waals surface area (Å²) in [6, 6.07) is 3.19. The lowest BCUT2D eigenvalue weighted by Gasteiger charge is -2.31. The molecule has 4 nitrogen and oxygen atoms in total. The first-order valence-electron chi connectivity index (χ1n) is 6.18. The number of benzene rings is 1. The quantitative estimate of drug-likeness (QED) is 0.808. The van der Waals surface area contributed by atoms with E-state index >= 15 is 0 Å². The third-order valence-electron chi connectivity index (χ3n) is 3.30. The number of likely N-dealkylation sites (N-methyl/N-ethyl adjacent to an activating group) is 1. The Morgan fingerprint density at radius 3 is 2.94 bits per heavy atom. The van der Waals surface area contributed by atoms with Crippen molar-refractivity contribution in [1.82, 2.24) is 4.90 Å². The molecule has 18 heavy (non-hydrogen) atoms. The van der Waals surface area contributed by atoms with Crippen LogP contribution in [-0.4, -0.2) is 38.2 Å². The first-order valence-corrected chi connectivity index (χ1v) is 6.18. The fraction of sp³-hybridized carbons (Fsp3) is 0.538. The van der Waals surface area contributed by atoms with Gasteiger partial charge in [-0.3, -0.25) is 0 Å². The minimum absolute atomic E-state index is 0.270. The number of nitrogens with zero attached hydrogens (tertiary/aromatic N) is 1. The molecule has 0 spiro atoms. The standard InChI is InChI=1S/C13H20FN3O/c1-17-5-3-4-9(8-17)16-12-7-13(18-2)11(15)6-10(12)14/h6-7,9,16H,3-5,8,15H2,1-2H3. The first kappa shape index (κ1) is 13.0. The fourth-order valence-corrected chi connectivity index (χ4v) is 2.36. The molecule has 1 heterocycles. The van der Waals surface area contributed by atoms with Crippen LogP contribution in [0.4, 0.5) is 15.8 Å². The van der Waals surface area contributed by atoms with E-state index in [1.807, 2.05) is 0 Å². The maximum Gasteiger partial charge on any atom is 0.148 e. The number of hydrogen-bond acceptors (Lipinski definition) is 4. The van der Waals surface area contributed by atoms with E-state index < -0.39 is 0 Å². The maximum atomic E-state index is 13.8. The summed E-state index contributed by atoms with van der Waals surface area (Å²) in [7, 11) is 3.61. The van der Waals surface area contributed by atoms with Crippen molar-refractivity contribution in [2.45, 2.75) is 18.9 Å². The van der Waals surface area contributed by atoms with Gasteiger partial charge in [0.05, 0.1) is 18.5 Å². The average molecular weight is 253 g/mol. The molecule has 2 rings (SSSR count). The van der Waals surface area contributed by atoms with E-state index in [1.165, 1.54) is 13.2 Å². The topological polar surface area (TPSA) is 50.5 Å². The monoisotopic (exact) mass is 253 g/mol. The molecule has 1 saturated heterocycles. The van der Waals surface area contributed by atoms with Gasteiger partial charge in [0.1, 0.15) is 11.6 Å². The lowest BCUT2D eigenvalue weighted by Crippen LogP contribution is -2.39. The average Bonchev–Trinajstić information content (AvgIpc) is 2.33. The summed E-state index contributed by atoms with van der Waals surface area (Å²) in [5.74, 6) is 0.171. The number of nitrogens with two attached hydrogens (primary N) is 1. The highest BCUT2D eigenvalue weighted by molar-refractivity contribution is 5.62. The van der Waals surface area contributed by atoms with Crippen LogP contribution in [0.15, 0.2) is 12.1 Å². The Hall–Kier alpha value is -1.49. The molecule has 0 aliphatic carbocycles. The van der Waals surface area contributed by atoms with E-state index in [1.54, 1.807) is 6.07 Å². The number of rotatable bonds is 3. The van der Waals surface area contributed by atoms with Gasteiger partial charge in [-0.15, -0.1) is 0 Å². The molecule has 0 radical (unpaired) electrons. The number of halogens is 1. The van der Waals surface area contributed by atoms with Crippen molar-refractivity contribution in [3.63, 3.8) is 0 Å². The molecule has 1 aliphatic rings. The largest absolute Gasteiger partial charge is 0.495 e. The van der Waals surface area contributed by atoms with Crippen molar-refractivity contribution in [2.24, 2.45) is 0 Å². The van der Waals surface area contributed by atoms with Crippen LogP contribution in [0, 0.1) is 5.82 Å². The molecule has 1 atom stereocenters. The van der Waals surface area contributed by atoms with Crippen molar-refractivity contribution in [2.75, 3.05) is 38.3 Å². The van der Waals surface area contributed by atoms with Gasteiger partial charge in [0.2, 0.25) is 0 Å². The number of likely N-dealkylation sites (tertiary alicyclic amines) is 1. The van der Waals surface area contributed by atoms with E-state index in [0.29, 0.717) is 17.1 Å². The number of anilines is 2. The summed E-state index contributed by atoms with van der Waals surface area (Å²) in [6.07, 6.45) is 2.18.